The van der Waals surface area contributed by atoms with Crippen LogP contribution in [0.3, 0.4) is 0 Å². The molecule has 25 heavy (non-hydrogen) atoms. The lowest BCUT2D eigenvalue weighted by Crippen LogP contribution is -2.32. The van der Waals surface area contributed by atoms with Crippen molar-refractivity contribution in [3.05, 3.63) is 45.6 Å². The van der Waals surface area contributed by atoms with Crippen molar-refractivity contribution in [1.29, 1.82) is 0 Å². The van der Waals surface area contributed by atoms with Crippen LogP contribution in [-0.2, 0) is 14.3 Å². The summed E-state index contributed by atoms with van der Waals surface area (Å²) < 4.78 is 9.52. The number of rotatable bonds is 6. The summed E-state index contributed by atoms with van der Waals surface area (Å²) in [4.78, 5) is 35.1. The summed E-state index contributed by atoms with van der Waals surface area (Å²) in [5.74, 6) is -1.82. The highest BCUT2D eigenvalue weighted by Gasteiger charge is 2.14. The molecule has 10 heteroatoms. The SMILES string of the molecule is Cc1cc(NC(=O)COC(=O)CNC(=O)c2ccc(Cl)cc2Cl)on1. The number of hydrogen-bond acceptors (Lipinski definition) is 6. The number of hydrogen-bond donors (Lipinski definition) is 2. The molecule has 8 nitrogen and oxygen atoms in total. The van der Waals surface area contributed by atoms with Crippen LogP contribution in [0.25, 0.3) is 0 Å². The van der Waals surface area contributed by atoms with Crippen molar-refractivity contribution in [2.45, 2.75) is 6.92 Å². The Hall–Kier alpha value is -2.58. The zero-order valence-corrected chi connectivity index (χ0v) is 14.5. The van der Waals surface area contributed by atoms with E-state index in [4.69, 9.17) is 32.5 Å². The van der Waals surface area contributed by atoms with E-state index < -0.39 is 30.9 Å². The van der Waals surface area contributed by atoms with Gasteiger partial charge in [0.1, 0.15) is 6.54 Å². The lowest BCUT2D eigenvalue weighted by molar-refractivity contribution is -0.146. The maximum Gasteiger partial charge on any atom is 0.325 e. The van der Waals surface area contributed by atoms with Gasteiger partial charge in [0, 0.05) is 11.1 Å². The molecule has 2 aromatic rings. The standard InChI is InChI=1S/C15H13Cl2N3O5/c1-8-4-13(25-20-8)19-12(21)7-24-14(22)6-18-15(23)10-3-2-9(16)5-11(10)17/h2-5H,6-7H2,1H3,(H,18,23)(H,19,21). The minimum absolute atomic E-state index is 0.143. The Morgan fingerprint density at radius 1 is 1.24 bits per heavy atom. The van der Waals surface area contributed by atoms with Gasteiger partial charge in [0.2, 0.25) is 5.88 Å². The summed E-state index contributed by atoms with van der Waals surface area (Å²) in [6.45, 7) is 0.734. The van der Waals surface area contributed by atoms with Gasteiger partial charge in [0.25, 0.3) is 11.8 Å². The second-order valence-corrected chi connectivity index (χ2v) is 5.69. The highest BCUT2D eigenvalue weighted by molar-refractivity contribution is 6.36. The largest absolute Gasteiger partial charge is 0.454 e. The molecule has 0 aliphatic heterocycles. The second-order valence-electron chi connectivity index (χ2n) is 4.85. The number of anilines is 1. The molecule has 0 spiro atoms. The molecule has 0 aliphatic rings. The van der Waals surface area contributed by atoms with Gasteiger partial charge in [-0.1, -0.05) is 28.4 Å². The van der Waals surface area contributed by atoms with Crippen LogP contribution in [0, 0.1) is 6.92 Å². The average Bonchev–Trinajstić information content (AvgIpc) is 2.95. The fourth-order valence-corrected chi connectivity index (χ4v) is 2.21. The smallest absolute Gasteiger partial charge is 0.325 e. The zero-order valence-electron chi connectivity index (χ0n) is 13.0. The average molecular weight is 386 g/mol. The molecule has 0 saturated heterocycles. The van der Waals surface area contributed by atoms with Gasteiger partial charge in [0.05, 0.1) is 16.3 Å². The van der Waals surface area contributed by atoms with Crippen molar-refractivity contribution in [2.24, 2.45) is 0 Å². The second kappa shape index (κ2) is 8.50. The first-order valence-corrected chi connectivity index (χ1v) is 7.73. The molecule has 0 fully saturated rings. The van der Waals surface area contributed by atoms with Gasteiger partial charge in [-0.25, -0.2) is 0 Å². The Morgan fingerprint density at radius 2 is 2.00 bits per heavy atom. The first kappa shape index (κ1) is 18.8. The normalized spacial score (nSPS) is 10.2. The predicted molar refractivity (Wildman–Crippen MR) is 89.6 cm³/mol. The fraction of sp³-hybridized carbons (Fsp3) is 0.200. The van der Waals surface area contributed by atoms with Crippen molar-refractivity contribution >= 4 is 46.9 Å². The summed E-state index contributed by atoms with van der Waals surface area (Å²) in [5.41, 5.74) is 0.758. The number of halogens is 2. The van der Waals surface area contributed by atoms with Gasteiger partial charge >= 0.3 is 5.97 Å². The van der Waals surface area contributed by atoms with Gasteiger partial charge in [-0.15, -0.1) is 0 Å². The number of carbonyl (C=O) groups is 3. The first-order valence-electron chi connectivity index (χ1n) is 6.97. The number of nitrogens with zero attached hydrogens (tertiary/aromatic N) is 1. The quantitative estimate of drug-likeness (QED) is 0.737. The van der Waals surface area contributed by atoms with Crippen LogP contribution in [0.1, 0.15) is 16.1 Å². The van der Waals surface area contributed by atoms with Crippen LogP contribution in [0.4, 0.5) is 5.88 Å². The molecule has 132 valence electrons. The van der Waals surface area contributed by atoms with Gasteiger partial charge in [-0.2, -0.15) is 0 Å². The maximum atomic E-state index is 11.9. The number of esters is 1. The summed E-state index contributed by atoms with van der Waals surface area (Å²) in [6.07, 6.45) is 0. The number of nitrogens with one attached hydrogen (secondary N) is 2. The molecule has 0 bridgehead atoms. The molecule has 0 aliphatic carbocycles. The Kier molecular flexibility index (Phi) is 6.37. The third-order valence-electron chi connectivity index (χ3n) is 2.82. The number of ether oxygens (including phenoxy) is 1. The van der Waals surface area contributed by atoms with E-state index in [-0.39, 0.29) is 16.5 Å². The molecule has 1 aromatic heterocycles. The Morgan fingerprint density at radius 3 is 2.64 bits per heavy atom. The third kappa shape index (κ3) is 5.77. The summed E-state index contributed by atoms with van der Waals surface area (Å²) in [5, 5.41) is 8.82. The van der Waals surface area contributed by atoms with Crippen molar-refractivity contribution in [1.82, 2.24) is 10.5 Å². The molecule has 2 rings (SSSR count). The molecule has 1 heterocycles. The van der Waals surface area contributed by atoms with Gasteiger partial charge in [-0.3, -0.25) is 19.7 Å². The van der Waals surface area contributed by atoms with Crippen molar-refractivity contribution in [3.8, 4) is 0 Å². The van der Waals surface area contributed by atoms with E-state index >= 15 is 0 Å². The molecule has 0 unspecified atom stereocenters. The summed E-state index contributed by atoms with van der Waals surface area (Å²) in [6, 6.07) is 5.84. The monoisotopic (exact) mass is 385 g/mol. The Bertz CT molecular complexity index is 806. The fourth-order valence-electron chi connectivity index (χ4n) is 1.71. The molecule has 1 aromatic carbocycles. The molecule has 0 atom stereocenters. The first-order chi connectivity index (χ1) is 11.8. The van der Waals surface area contributed by atoms with Crippen molar-refractivity contribution in [3.63, 3.8) is 0 Å². The number of aryl methyl sites for hydroxylation is 1. The summed E-state index contributed by atoms with van der Waals surface area (Å²) >= 11 is 11.6. The summed E-state index contributed by atoms with van der Waals surface area (Å²) in [7, 11) is 0. The number of carbonyl (C=O) groups excluding carboxylic acids is 3. The predicted octanol–water partition coefficient (Wildman–Crippen LogP) is 2.20. The van der Waals surface area contributed by atoms with Gasteiger partial charge in [-0.05, 0) is 25.1 Å². The van der Waals surface area contributed by atoms with Crippen LogP contribution >= 0.6 is 23.2 Å². The minimum atomic E-state index is -0.790. The third-order valence-corrected chi connectivity index (χ3v) is 3.37. The van der Waals surface area contributed by atoms with Crippen molar-refractivity contribution in [2.75, 3.05) is 18.5 Å². The van der Waals surface area contributed by atoms with E-state index in [0.717, 1.165) is 0 Å². The Balaban J connectivity index is 1.74. The van der Waals surface area contributed by atoms with E-state index in [0.29, 0.717) is 10.7 Å². The van der Waals surface area contributed by atoms with Crippen LogP contribution in [0.2, 0.25) is 10.0 Å². The Labute approximate surface area is 152 Å². The van der Waals surface area contributed by atoms with Crippen molar-refractivity contribution < 1.29 is 23.6 Å². The minimum Gasteiger partial charge on any atom is -0.454 e. The lowest BCUT2D eigenvalue weighted by atomic mass is 10.2. The zero-order chi connectivity index (χ0) is 18.4. The molecule has 2 N–H and O–H groups in total. The number of aromatic nitrogens is 1. The molecular formula is C15H13Cl2N3O5. The van der Waals surface area contributed by atoms with Crippen LogP contribution in [0.5, 0.6) is 0 Å². The van der Waals surface area contributed by atoms with Crippen LogP contribution in [-0.4, -0.2) is 36.1 Å². The van der Waals surface area contributed by atoms with E-state index in [1.165, 1.54) is 24.3 Å². The maximum absolute atomic E-state index is 11.9. The lowest BCUT2D eigenvalue weighted by Gasteiger charge is -2.07. The van der Waals surface area contributed by atoms with Gasteiger partial charge in [0.15, 0.2) is 6.61 Å². The number of amides is 2. The topological polar surface area (TPSA) is 111 Å². The van der Waals surface area contributed by atoms with E-state index in [1.807, 2.05) is 0 Å². The van der Waals surface area contributed by atoms with E-state index in [2.05, 4.69) is 15.8 Å². The molecule has 0 radical (unpaired) electrons. The van der Waals surface area contributed by atoms with E-state index in [1.54, 1.807) is 6.92 Å². The van der Waals surface area contributed by atoms with E-state index in [9.17, 15) is 14.4 Å². The highest BCUT2D eigenvalue weighted by Crippen LogP contribution is 2.20. The molecule has 0 saturated carbocycles. The molecule has 2 amide bonds. The number of benzene rings is 1. The molecular weight excluding hydrogens is 373 g/mol. The van der Waals surface area contributed by atoms with Crippen LogP contribution < -0.4 is 10.6 Å². The van der Waals surface area contributed by atoms with Crippen LogP contribution in [0.15, 0.2) is 28.8 Å². The highest BCUT2D eigenvalue weighted by atomic mass is 35.5. The van der Waals surface area contributed by atoms with Gasteiger partial charge < -0.3 is 14.6 Å².